The first-order valence-corrected chi connectivity index (χ1v) is 6.91. The summed E-state index contributed by atoms with van der Waals surface area (Å²) in [5.74, 6) is -0.474. The average Bonchev–Trinajstić information content (AvgIpc) is 2.36. The Kier molecular flexibility index (Phi) is 4.20. The summed E-state index contributed by atoms with van der Waals surface area (Å²) < 4.78 is 0.680. The molecule has 4 N–H and O–H groups in total. The normalized spacial score (nSPS) is 10.3. The van der Waals surface area contributed by atoms with Crippen molar-refractivity contribution in [1.82, 2.24) is 0 Å². The van der Waals surface area contributed by atoms with E-state index in [0.717, 1.165) is 5.56 Å². The van der Waals surface area contributed by atoms with Gasteiger partial charge in [-0.1, -0.05) is 11.6 Å². The predicted octanol–water partition coefficient (Wildman–Crippen LogP) is 3.95. The third-order valence-electron chi connectivity index (χ3n) is 2.70. The minimum atomic E-state index is -0.442. The molecule has 2 rings (SSSR count). The Labute approximate surface area is 129 Å². The molecule has 0 unspecified atom stereocenters. The fourth-order valence-electron chi connectivity index (χ4n) is 1.77. The molecule has 0 saturated carbocycles. The standard InChI is InChI=1S/C14H12BrClN2O2/c1-7-4-10(15)13(12(17)5-7)18-14(20)9-6-8(19)2-3-11(9)16/h2-6,19H,17H2,1H3,(H,18,20). The molecule has 0 aliphatic rings. The molecule has 2 aromatic rings. The SMILES string of the molecule is Cc1cc(N)c(NC(=O)c2cc(O)ccc2Cl)c(Br)c1. The van der Waals surface area contributed by atoms with Gasteiger partial charge in [0, 0.05) is 4.47 Å². The van der Waals surface area contributed by atoms with Crippen molar-refractivity contribution in [2.24, 2.45) is 0 Å². The molecule has 0 aliphatic carbocycles. The molecule has 4 nitrogen and oxygen atoms in total. The summed E-state index contributed by atoms with van der Waals surface area (Å²) in [5.41, 5.74) is 7.96. The molecule has 6 heteroatoms. The van der Waals surface area contributed by atoms with Crippen LogP contribution in [0.2, 0.25) is 5.02 Å². The third-order valence-corrected chi connectivity index (χ3v) is 3.65. The number of benzene rings is 2. The first-order chi connectivity index (χ1) is 9.38. The van der Waals surface area contributed by atoms with Gasteiger partial charge in [0.2, 0.25) is 0 Å². The summed E-state index contributed by atoms with van der Waals surface area (Å²) in [7, 11) is 0. The topological polar surface area (TPSA) is 75.3 Å². The van der Waals surface area contributed by atoms with Crippen LogP contribution in [0.5, 0.6) is 5.75 Å². The smallest absolute Gasteiger partial charge is 0.257 e. The Morgan fingerprint density at radius 2 is 2.05 bits per heavy atom. The van der Waals surface area contributed by atoms with Crippen molar-refractivity contribution in [1.29, 1.82) is 0 Å². The fraction of sp³-hybridized carbons (Fsp3) is 0.0714. The Bertz CT molecular complexity index is 666. The van der Waals surface area contributed by atoms with Crippen LogP contribution in [-0.2, 0) is 0 Å². The minimum absolute atomic E-state index is 0.0320. The number of rotatable bonds is 2. The first-order valence-electron chi connectivity index (χ1n) is 5.74. The van der Waals surface area contributed by atoms with Crippen LogP contribution in [0, 0.1) is 6.92 Å². The molecule has 0 aliphatic heterocycles. The molecule has 0 aromatic heterocycles. The zero-order valence-electron chi connectivity index (χ0n) is 10.6. The van der Waals surface area contributed by atoms with Crippen LogP contribution < -0.4 is 11.1 Å². The fourth-order valence-corrected chi connectivity index (χ4v) is 2.66. The highest BCUT2D eigenvalue weighted by Crippen LogP contribution is 2.31. The van der Waals surface area contributed by atoms with Gasteiger partial charge in [0.25, 0.3) is 5.91 Å². The number of carbonyl (C=O) groups excluding carboxylic acids is 1. The Balaban J connectivity index is 2.35. The van der Waals surface area contributed by atoms with Crippen LogP contribution >= 0.6 is 27.5 Å². The molecule has 0 radical (unpaired) electrons. The van der Waals surface area contributed by atoms with Gasteiger partial charge >= 0.3 is 0 Å². The maximum absolute atomic E-state index is 12.2. The van der Waals surface area contributed by atoms with Gasteiger partial charge in [-0.25, -0.2) is 0 Å². The number of nitrogens with two attached hydrogens (primary N) is 1. The first kappa shape index (κ1) is 14.7. The number of hydrogen-bond donors (Lipinski definition) is 3. The lowest BCUT2D eigenvalue weighted by molar-refractivity contribution is 0.102. The van der Waals surface area contributed by atoms with Crippen molar-refractivity contribution in [2.75, 3.05) is 11.1 Å². The summed E-state index contributed by atoms with van der Waals surface area (Å²) in [6, 6.07) is 7.77. The van der Waals surface area contributed by atoms with Gasteiger partial charge in [-0.05, 0) is 58.7 Å². The van der Waals surface area contributed by atoms with E-state index in [4.69, 9.17) is 17.3 Å². The predicted molar refractivity (Wildman–Crippen MR) is 84.4 cm³/mol. The number of carbonyl (C=O) groups is 1. The molecule has 2 aromatic carbocycles. The third kappa shape index (κ3) is 3.05. The molecule has 0 bridgehead atoms. The zero-order valence-corrected chi connectivity index (χ0v) is 12.9. The highest BCUT2D eigenvalue weighted by atomic mass is 79.9. The van der Waals surface area contributed by atoms with Crippen LogP contribution in [0.25, 0.3) is 0 Å². The van der Waals surface area contributed by atoms with E-state index in [9.17, 15) is 9.90 Å². The molecular formula is C14H12BrClN2O2. The van der Waals surface area contributed by atoms with Gasteiger partial charge in [-0.15, -0.1) is 0 Å². The molecule has 20 heavy (non-hydrogen) atoms. The number of amides is 1. The van der Waals surface area contributed by atoms with Crippen LogP contribution in [-0.4, -0.2) is 11.0 Å². The van der Waals surface area contributed by atoms with Crippen LogP contribution in [0.1, 0.15) is 15.9 Å². The number of hydrogen-bond acceptors (Lipinski definition) is 3. The van der Waals surface area contributed by atoms with Gasteiger partial charge in [0.1, 0.15) is 5.75 Å². The Hall–Kier alpha value is -1.72. The average molecular weight is 356 g/mol. The molecule has 0 fully saturated rings. The maximum Gasteiger partial charge on any atom is 0.257 e. The van der Waals surface area contributed by atoms with Crippen molar-refractivity contribution in [2.45, 2.75) is 6.92 Å². The lowest BCUT2D eigenvalue weighted by Gasteiger charge is -2.12. The van der Waals surface area contributed by atoms with Crippen LogP contribution in [0.15, 0.2) is 34.8 Å². The second-order valence-corrected chi connectivity index (χ2v) is 5.59. The summed E-state index contributed by atoms with van der Waals surface area (Å²) in [5, 5.41) is 12.4. The monoisotopic (exact) mass is 354 g/mol. The number of phenolic OH excluding ortho intramolecular Hbond substituents is 1. The van der Waals surface area contributed by atoms with E-state index in [1.807, 2.05) is 13.0 Å². The van der Waals surface area contributed by atoms with Crippen LogP contribution in [0.4, 0.5) is 11.4 Å². The Morgan fingerprint density at radius 3 is 2.70 bits per heavy atom. The van der Waals surface area contributed by atoms with Crippen molar-refractivity contribution in [3.05, 3.63) is 51.0 Å². The number of phenols is 1. The molecule has 1 amide bonds. The number of anilines is 2. The van der Waals surface area contributed by atoms with Gasteiger partial charge in [0.15, 0.2) is 0 Å². The van der Waals surface area contributed by atoms with Crippen molar-refractivity contribution in [3.63, 3.8) is 0 Å². The molecule has 0 spiro atoms. The second kappa shape index (κ2) is 5.73. The lowest BCUT2D eigenvalue weighted by atomic mass is 10.1. The number of halogens is 2. The van der Waals surface area contributed by atoms with Crippen molar-refractivity contribution < 1.29 is 9.90 Å². The highest BCUT2D eigenvalue weighted by molar-refractivity contribution is 9.10. The summed E-state index contributed by atoms with van der Waals surface area (Å²) in [4.78, 5) is 12.2. The molecule has 0 atom stereocenters. The molecule has 0 saturated heterocycles. The molecule has 0 heterocycles. The number of nitrogen functional groups attached to an aromatic ring is 1. The van der Waals surface area contributed by atoms with E-state index in [2.05, 4.69) is 21.2 Å². The molecular weight excluding hydrogens is 344 g/mol. The zero-order chi connectivity index (χ0) is 14.9. The van der Waals surface area contributed by atoms with E-state index < -0.39 is 5.91 Å². The minimum Gasteiger partial charge on any atom is -0.508 e. The maximum atomic E-state index is 12.2. The number of nitrogens with one attached hydrogen (secondary N) is 1. The van der Waals surface area contributed by atoms with E-state index in [-0.39, 0.29) is 16.3 Å². The number of aromatic hydroxyl groups is 1. The van der Waals surface area contributed by atoms with E-state index >= 15 is 0 Å². The second-order valence-electron chi connectivity index (χ2n) is 4.33. The number of aryl methyl sites for hydroxylation is 1. The van der Waals surface area contributed by atoms with Gasteiger partial charge in [-0.3, -0.25) is 4.79 Å². The van der Waals surface area contributed by atoms with Gasteiger partial charge in [-0.2, -0.15) is 0 Å². The largest absolute Gasteiger partial charge is 0.508 e. The van der Waals surface area contributed by atoms with E-state index in [0.29, 0.717) is 15.8 Å². The molecule has 104 valence electrons. The van der Waals surface area contributed by atoms with E-state index in [1.165, 1.54) is 18.2 Å². The summed E-state index contributed by atoms with van der Waals surface area (Å²) >= 11 is 9.30. The van der Waals surface area contributed by atoms with Crippen molar-refractivity contribution >= 4 is 44.8 Å². The van der Waals surface area contributed by atoms with Gasteiger partial charge < -0.3 is 16.2 Å². The van der Waals surface area contributed by atoms with Crippen molar-refractivity contribution in [3.8, 4) is 5.75 Å². The highest BCUT2D eigenvalue weighted by Gasteiger charge is 2.15. The van der Waals surface area contributed by atoms with Crippen LogP contribution in [0.3, 0.4) is 0 Å². The lowest BCUT2D eigenvalue weighted by Crippen LogP contribution is -2.14. The summed E-state index contributed by atoms with van der Waals surface area (Å²) in [6.07, 6.45) is 0. The van der Waals surface area contributed by atoms with E-state index in [1.54, 1.807) is 6.07 Å². The Morgan fingerprint density at radius 1 is 1.35 bits per heavy atom. The quantitative estimate of drug-likeness (QED) is 0.714. The summed E-state index contributed by atoms with van der Waals surface area (Å²) in [6.45, 7) is 1.90. The van der Waals surface area contributed by atoms with Gasteiger partial charge in [0.05, 0.1) is 22.0 Å².